The second kappa shape index (κ2) is 7.33. The predicted molar refractivity (Wildman–Crippen MR) is 101 cm³/mol. The number of pyridine rings is 2. The Hall–Kier alpha value is -3.61. The van der Waals surface area contributed by atoms with Crippen molar-refractivity contribution >= 4 is 22.5 Å². The van der Waals surface area contributed by atoms with Crippen LogP contribution in [0.1, 0.15) is 6.92 Å². The average Bonchev–Trinajstić information content (AvgIpc) is 2.71. The molecule has 0 amide bonds. The Morgan fingerprint density at radius 3 is 2.74 bits per heavy atom. The number of ether oxygens (including phenoxy) is 1. The predicted octanol–water partition coefficient (Wildman–Crippen LogP) is 4.37. The standard InChI is InChI=1S/C20H16FN5O/c1-2-27-15-6-7-17-16(10-15)20(25-18-8-5-14(21)12-23-18)26-19(24-17)13-4-3-9-22-11-13/h3-12H,2H2,1H3,(H,23,24,25,26). The first kappa shape index (κ1) is 16.8. The van der Waals surface area contributed by atoms with Crippen LogP contribution in [0, 0.1) is 5.82 Å². The van der Waals surface area contributed by atoms with Crippen molar-refractivity contribution in [3.63, 3.8) is 0 Å². The lowest BCUT2D eigenvalue weighted by Crippen LogP contribution is -2.01. The van der Waals surface area contributed by atoms with Gasteiger partial charge < -0.3 is 10.1 Å². The van der Waals surface area contributed by atoms with E-state index in [1.165, 1.54) is 6.07 Å². The SMILES string of the molecule is CCOc1ccc2nc(-c3cccnc3)nc(Nc3ccc(F)cn3)c2c1. The van der Waals surface area contributed by atoms with Crippen molar-refractivity contribution < 1.29 is 9.13 Å². The van der Waals surface area contributed by atoms with E-state index in [1.54, 1.807) is 18.5 Å². The molecule has 0 spiro atoms. The lowest BCUT2D eigenvalue weighted by atomic mass is 10.2. The van der Waals surface area contributed by atoms with Crippen LogP contribution in [0.15, 0.2) is 61.1 Å². The molecule has 0 radical (unpaired) electrons. The summed E-state index contributed by atoms with van der Waals surface area (Å²) in [7, 11) is 0. The molecule has 0 atom stereocenters. The second-order valence-electron chi connectivity index (χ2n) is 5.74. The summed E-state index contributed by atoms with van der Waals surface area (Å²) in [5.74, 6) is 1.89. The number of anilines is 2. The zero-order valence-corrected chi connectivity index (χ0v) is 14.6. The maximum Gasteiger partial charge on any atom is 0.163 e. The monoisotopic (exact) mass is 361 g/mol. The van der Waals surface area contributed by atoms with Gasteiger partial charge in [0, 0.05) is 23.3 Å². The van der Waals surface area contributed by atoms with E-state index < -0.39 is 5.82 Å². The van der Waals surface area contributed by atoms with Crippen LogP contribution >= 0.6 is 0 Å². The number of nitrogens with zero attached hydrogens (tertiary/aromatic N) is 4. The number of aromatic nitrogens is 4. The van der Waals surface area contributed by atoms with Crippen molar-refractivity contribution in [2.24, 2.45) is 0 Å². The van der Waals surface area contributed by atoms with Gasteiger partial charge in [-0.2, -0.15) is 0 Å². The Morgan fingerprint density at radius 1 is 1.07 bits per heavy atom. The molecule has 0 aliphatic heterocycles. The zero-order valence-electron chi connectivity index (χ0n) is 14.6. The third kappa shape index (κ3) is 3.67. The highest BCUT2D eigenvalue weighted by Crippen LogP contribution is 2.29. The van der Waals surface area contributed by atoms with Crippen LogP contribution in [-0.2, 0) is 0 Å². The van der Waals surface area contributed by atoms with Gasteiger partial charge >= 0.3 is 0 Å². The number of benzene rings is 1. The second-order valence-corrected chi connectivity index (χ2v) is 5.74. The van der Waals surface area contributed by atoms with Crippen molar-refractivity contribution in [1.29, 1.82) is 0 Å². The normalized spacial score (nSPS) is 10.7. The maximum absolute atomic E-state index is 13.2. The summed E-state index contributed by atoms with van der Waals surface area (Å²) >= 11 is 0. The summed E-state index contributed by atoms with van der Waals surface area (Å²) in [4.78, 5) is 17.5. The maximum atomic E-state index is 13.2. The van der Waals surface area contributed by atoms with Gasteiger partial charge in [-0.25, -0.2) is 19.3 Å². The first-order valence-electron chi connectivity index (χ1n) is 8.46. The molecule has 0 aliphatic carbocycles. The molecule has 0 fully saturated rings. The van der Waals surface area contributed by atoms with Crippen molar-refractivity contribution in [1.82, 2.24) is 19.9 Å². The van der Waals surface area contributed by atoms with Gasteiger partial charge in [-0.1, -0.05) is 0 Å². The minimum absolute atomic E-state index is 0.400. The van der Waals surface area contributed by atoms with Gasteiger partial charge in [0.2, 0.25) is 0 Å². The molecule has 6 nitrogen and oxygen atoms in total. The summed E-state index contributed by atoms with van der Waals surface area (Å²) in [6, 6.07) is 12.2. The van der Waals surface area contributed by atoms with Crippen LogP contribution in [0.5, 0.6) is 5.75 Å². The molecule has 4 aromatic rings. The Bertz CT molecular complexity index is 1070. The van der Waals surface area contributed by atoms with Gasteiger partial charge in [-0.15, -0.1) is 0 Å². The first-order valence-corrected chi connectivity index (χ1v) is 8.46. The molecule has 0 bridgehead atoms. The molecule has 4 rings (SSSR count). The van der Waals surface area contributed by atoms with Gasteiger partial charge in [0.25, 0.3) is 0 Å². The van der Waals surface area contributed by atoms with Crippen LogP contribution in [0.2, 0.25) is 0 Å². The molecule has 3 heterocycles. The summed E-state index contributed by atoms with van der Waals surface area (Å²) < 4.78 is 18.8. The Morgan fingerprint density at radius 2 is 2.00 bits per heavy atom. The van der Waals surface area contributed by atoms with Gasteiger partial charge in [-0.05, 0) is 49.4 Å². The highest BCUT2D eigenvalue weighted by atomic mass is 19.1. The molecular formula is C20H16FN5O. The van der Waals surface area contributed by atoms with Crippen molar-refractivity contribution in [3.8, 4) is 17.1 Å². The molecule has 3 aromatic heterocycles. The number of rotatable bonds is 5. The molecule has 1 N–H and O–H groups in total. The third-order valence-electron chi connectivity index (χ3n) is 3.87. The smallest absolute Gasteiger partial charge is 0.163 e. The van der Waals surface area contributed by atoms with E-state index in [1.807, 2.05) is 37.3 Å². The lowest BCUT2D eigenvalue weighted by Gasteiger charge is -2.12. The fourth-order valence-electron chi connectivity index (χ4n) is 2.65. The van der Waals surface area contributed by atoms with Crippen molar-refractivity contribution in [2.45, 2.75) is 6.92 Å². The molecule has 0 aliphatic rings. The zero-order chi connectivity index (χ0) is 18.6. The summed E-state index contributed by atoms with van der Waals surface area (Å²) in [5.41, 5.74) is 1.54. The number of hydrogen-bond acceptors (Lipinski definition) is 6. The molecule has 1 aromatic carbocycles. The first-order chi connectivity index (χ1) is 13.2. The van der Waals surface area contributed by atoms with Gasteiger partial charge in [0.15, 0.2) is 5.82 Å². The van der Waals surface area contributed by atoms with Crippen molar-refractivity contribution in [2.75, 3.05) is 11.9 Å². The van der Waals surface area contributed by atoms with E-state index in [4.69, 9.17) is 4.74 Å². The number of fused-ring (bicyclic) bond motifs is 1. The molecule has 27 heavy (non-hydrogen) atoms. The average molecular weight is 361 g/mol. The minimum atomic E-state index is -0.400. The largest absolute Gasteiger partial charge is 0.494 e. The van der Waals surface area contributed by atoms with E-state index in [9.17, 15) is 4.39 Å². The van der Waals surface area contributed by atoms with E-state index in [2.05, 4.69) is 25.3 Å². The van der Waals surface area contributed by atoms with Gasteiger partial charge in [-0.3, -0.25) is 4.98 Å². The van der Waals surface area contributed by atoms with Crippen LogP contribution in [0.4, 0.5) is 16.0 Å². The molecule has 7 heteroatoms. The van der Waals surface area contributed by atoms with E-state index in [0.29, 0.717) is 24.1 Å². The third-order valence-corrected chi connectivity index (χ3v) is 3.87. The summed E-state index contributed by atoms with van der Waals surface area (Å²) in [6.07, 6.45) is 4.55. The number of halogens is 1. The van der Waals surface area contributed by atoms with Gasteiger partial charge in [0.1, 0.15) is 23.2 Å². The van der Waals surface area contributed by atoms with E-state index >= 15 is 0 Å². The molecule has 0 unspecified atom stereocenters. The summed E-state index contributed by atoms with van der Waals surface area (Å²) in [6.45, 7) is 2.48. The lowest BCUT2D eigenvalue weighted by molar-refractivity contribution is 0.340. The van der Waals surface area contributed by atoms with Crippen LogP contribution in [-0.4, -0.2) is 26.5 Å². The van der Waals surface area contributed by atoms with Gasteiger partial charge in [0.05, 0.1) is 18.3 Å². The topological polar surface area (TPSA) is 72.8 Å². The molecule has 0 saturated carbocycles. The van der Waals surface area contributed by atoms with Crippen molar-refractivity contribution in [3.05, 3.63) is 66.9 Å². The highest BCUT2D eigenvalue weighted by Gasteiger charge is 2.12. The molecule has 0 saturated heterocycles. The van der Waals surface area contributed by atoms with E-state index in [-0.39, 0.29) is 0 Å². The van der Waals surface area contributed by atoms with Crippen LogP contribution in [0.25, 0.3) is 22.3 Å². The van der Waals surface area contributed by atoms with Crippen LogP contribution in [0.3, 0.4) is 0 Å². The Labute approximate surface area is 155 Å². The molecular weight excluding hydrogens is 345 g/mol. The molecule has 134 valence electrons. The fourth-order valence-corrected chi connectivity index (χ4v) is 2.65. The number of hydrogen-bond donors (Lipinski definition) is 1. The van der Waals surface area contributed by atoms with E-state index in [0.717, 1.165) is 28.4 Å². The van der Waals surface area contributed by atoms with Crippen LogP contribution < -0.4 is 10.1 Å². The Kier molecular flexibility index (Phi) is 4.57. The fraction of sp³-hybridized carbons (Fsp3) is 0.100. The quantitative estimate of drug-likeness (QED) is 0.569. The summed E-state index contributed by atoms with van der Waals surface area (Å²) in [5, 5.41) is 3.93. The minimum Gasteiger partial charge on any atom is -0.494 e. The number of nitrogens with one attached hydrogen (secondary N) is 1. The Balaban J connectivity index is 1.85. The highest BCUT2D eigenvalue weighted by molar-refractivity contribution is 5.93.